The number of benzene rings is 1. The molecule has 1 aromatic rings. The summed E-state index contributed by atoms with van der Waals surface area (Å²) in [7, 11) is 0. The zero-order valence-corrected chi connectivity index (χ0v) is 31.7. The van der Waals surface area contributed by atoms with Crippen LogP contribution in [0.25, 0.3) is 0 Å². The molecular weight excluding hydrogens is 831 g/mol. The SMILES string of the molecule is CCCCCCCCCCCCCCCCCCOC(=O)c1ccc(C(=O)OC(F)(F)C(F)(F)C(F)(F)C(F)(F)C(F)(F)C(F)(F)C(F)(F)C(F)(F)C(F)CC)cc1. The van der Waals surface area contributed by atoms with E-state index in [0.29, 0.717) is 37.1 Å². The van der Waals surface area contributed by atoms with Crippen LogP contribution in [0.3, 0.4) is 0 Å². The van der Waals surface area contributed by atoms with E-state index in [1.807, 2.05) is 0 Å². The first kappa shape index (κ1) is 53.0. The summed E-state index contributed by atoms with van der Waals surface area (Å²) < 4.78 is 245. The van der Waals surface area contributed by atoms with E-state index in [9.17, 15) is 84.2 Å². The molecule has 0 heterocycles. The second-order valence-corrected chi connectivity index (χ2v) is 13.9. The number of hydrogen-bond acceptors (Lipinski definition) is 4. The van der Waals surface area contributed by atoms with Gasteiger partial charge in [-0.25, -0.2) is 14.0 Å². The summed E-state index contributed by atoms with van der Waals surface area (Å²) in [5.74, 6) is -61.7. The third kappa shape index (κ3) is 11.8. The normalized spacial score (nSPS) is 14.4. The zero-order chi connectivity index (χ0) is 44.9. The average Bonchev–Trinajstić information content (AvgIpc) is 3.14. The van der Waals surface area contributed by atoms with E-state index < -0.39 is 77.7 Å². The Balaban J connectivity index is 2.76. The van der Waals surface area contributed by atoms with E-state index in [4.69, 9.17) is 4.74 Å². The van der Waals surface area contributed by atoms with Crippen LogP contribution in [0.4, 0.5) is 74.6 Å². The predicted octanol–water partition coefficient (Wildman–Crippen LogP) is 14.0. The number of ether oxygens (including phenoxy) is 2. The van der Waals surface area contributed by atoms with Crippen LogP contribution in [0.2, 0.25) is 0 Å². The van der Waals surface area contributed by atoms with E-state index >= 15 is 0 Å². The Hall–Kier alpha value is -3.03. The summed E-state index contributed by atoms with van der Waals surface area (Å²) in [5, 5.41) is 0. The molecule has 338 valence electrons. The van der Waals surface area contributed by atoms with E-state index in [1.165, 1.54) is 57.8 Å². The maximum absolute atomic E-state index is 14.2. The quantitative estimate of drug-likeness (QED) is 0.0457. The van der Waals surface area contributed by atoms with Gasteiger partial charge in [0.25, 0.3) is 0 Å². The van der Waals surface area contributed by atoms with Crippen molar-refractivity contribution >= 4 is 11.9 Å². The van der Waals surface area contributed by atoms with Crippen molar-refractivity contribution in [3.05, 3.63) is 35.4 Å². The molecule has 0 aliphatic carbocycles. The fraction of sp³-hybridized carbons (Fsp3) is 0.784. The van der Waals surface area contributed by atoms with Crippen molar-refractivity contribution in [2.24, 2.45) is 0 Å². The van der Waals surface area contributed by atoms with E-state index in [-0.39, 0.29) is 19.1 Å². The largest absolute Gasteiger partial charge is 0.473 e. The highest BCUT2D eigenvalue weighted by molar-refractivity contribution is 5.93. The van der Waals surface area contributed by atoms with Crippen molar-refractivity contribution in [2.75, 3.05) is 6.61 Å². The van der Waals surface area contributed by atoms with Gasteiger partial charge in [-0.3, -0.25) is 0 Å². The molecule has 21 heteroatoms. The Kier molecular flexibility index (Phi) is 19.6. The van der Waals surface area contributed by atoms with Crippen LogP contribution in [0.1, 0.15) is 144 Å². The molecule has 0 saturated carbocycles. The number of rotatable bonds is 29. The van der Waals surface area contributed by atoms with Crippen molar-refractivity contribution in [1.82, 2.24) is 0 Å². The molecule has 0 radical (unpaired) electrons. The van der Waals surface area contributed by atoms with Gasteiger partial charge in [-0.1, -0.05) is 110 Å². The lowest BCUT2D eigenvalue weighted by Gasteiger charge is -2.43. The third-order valence-corrected chi connectivity index (χ3v) is 9.32. The predicted molar refractivity (Wildman–Crippen MR) is 176 cm³/mol. The summed E-state index contributed by atoms with van der Waals surface area (Å²) in [6, 6.07) is 2.04. The lowest BCUT2D eigenvalue weighted by molar-refractivity contribution is -0.469. The molecule has 0 spiro atoms. The standard InChI is InChI=1S/C37H47F17O4/c1-3-5-6-7-8-9-10-11-12-13-14-15-16-17-18-19-24-57-28(55)25-20-22-26(23-21-25)29(56)58-37(53,54)36(51,52)35(49,50)34(47,48)33(45,46)32(43,44)31(41,42)30(39,40)27(38)4-2/h20-23,27H,3-19,24H2,1-2H3. The van der Waals surface area contributed by atoms with Gasteiger partial charge in [-0.2, -0.15) is 70.2 Å². The molecule has 0 aromatic heterocycles. The summed E-state index contributed by atoms with van der Waals surface area (Å²) in [4.78, 5) is 24.3. The lowest BCUT2D eigenvalue weighted by atomic mass is 9.87. The fourth-order valence-corrected chi connectivity index (χ4v) is 5.51. The van der Waals surface area contributed by atoms with Crippen LogP contribution < -0.4 is 0 Å². The van der Waals surface area contributed by atoms with Gasteiger partial charge in [-0.15, -0.1) is 0 Å². The van der Waals surface area contributed by atoms with Gasteiger partial charge >= 0.3 is 59.5 Å². The summed E-state index contributed by atoms with van der Waals surface area (Å²) >= 11 is 0. The van der Waals surface area contributed by atoms with E-state index in [2.05, 4.69) is 11.7 Å². The average molecular weight is 879 g/mol. The Morgan fingerprint density at radius 1 is 0.466 bits per heavy atom. The molecular formula is C37H47F17O4. The fourth-order valence-electron chi connectivity index (χ4n) is 5.51. The molecule has 0 bridgehead atoms. The van der Waals surface area contributed by atoms with Crippen LogP contribution in [0.15, 0.2) is 24.3 Å². The Bertz CT molecular complexity index is 1400. The lowest BCUT2D eigenvalue weighted by Crippen LogP contribution is -2.75. The highest BCUT2D eigenvalue weighted by Gasteiger charge is 2.95. The first-order valence-corrected chi connectivity index (χ1v) is 18.7. The van der Waals surface area contributed by atoms with Crippen molar-refractivity contribution in [1.29, 1.82) is 0 Å². The Morgan fingerprint density at radius 2 is 0.776 bits per heavy atom. The molecule has 1 atom stereocenters. The van der Waals surface area contributed by atoms with Gasteiger partial charge in [0, 0.05) is 0 Å². The number of hydrogen-bond donors (Lipinski definition) is 0. The number of carbonyl (C=O) groups excluding carboxylic acids is 2. The van der Waals surface area contributed by atoms with E-state index in [0.717, 1.165) is 32.1 Å². The molecule has 1 rings (SSSR count). The van der Waals surface area contributed by atoms with Crippen LogP contribution in [0.5, 0.6) is 0 Å². The minimum Gasteiger partial charge on any atom is -0.462 e. The molecule has 0 saturated heterocycles. The first-order chi connectivity index (χ1) is 26.6. The Labute approximate surface area is 324 Å². The topological polar surface area (TPSA) is 52.6 Å². The highest BCUT2D eigenvalue weighted by Crippen LogP contribution is 2.64. The van der Waals surface area contributed by atoms with Gasteiger partial charge in [0.05, 0.1) is 17.7 Å². The summed E-state index contributed by atoms with van der Waals surface area (Å²) in [6.45, 7) is 2.33. The molecule has 0 N–H and O–H groups in total. The van der Waals surface area contributed by atoms with Gasteiger partial charge in [0.1, 0.15) is 0 Å². The first-order valence-electron chi connectivity index (χ1n) is 18.7. The third-order valence-electron chi connectivity index (χ3n) is 9.32. The van der Waals surface area contributed by atoms with Crippen LogP contribution >= 0.6 is 0 Å². The van der Waals surface area contributed by atoms with Crippen molar-refractivity contribution in [3.8, 4) is 0 Å². The number of halogens is 17. The number of unbranched alkanes of at least 4 members (excludes halogenated alkanes) is 15. The van der Waals surface area contributed by atoms with Gasteiger partial charge < -0.3 is 9.47 Å². The van der Waals surface area contributed by atoms with Crippen LogP contribution in [-0.4, -0.2) is 72.3 Å². The van der Waals surface area contributed by atoms with Crippen molar-refractivity contribution in [2.45, 2.75) is 177 Å². The second-order valence-electron chi connectivity index (χ2n) is 13.9. The number of alkyl halides is 17. The highest BCUT2D eigenvalue weighted by atomic mass is 19.4. The zero-order valence-electron chi connectivity index (χ0n) is 31.7. The molecule has 58 heavy (non-hydrogen) atoms. The molecule has 0 aliphatic rings. The smallest absolute Gasteiger partial charge is 0.462 e. The minimum atomic E-state index is -8.77. The Morgan fingerprint density at radius 3 is 1.14 bits per heavy atom. The van der Waals surface area contributed by atoms with Crippen molar-refractivity contribution in [3.63, 3.8) is 0 Å². The number of carbonyl (C=O) groups is 2. The molecule has 1 unspecified atom stereocenters. The molecule has 4 nitrogen and oxygen atoms in total. The summed E-state index contributed by atoms with van der Waals surface area (Å²) in [6.07, 6.45) is 3.70. The maximum atomic E-state index is 14.2. The summed E-state index contributed by atoms with van der Waals surface area (Å²) in [5.41, 5.74) is -1.68. The minimum absolute atomic E-state index is 0.0820. The maximum Gasteiger partial charge on any atom is 0.473 e. The molecule has 0 amide bonds. The monoisotopic (exact) mass is 878 g/mol. The second kappa shape index (κ2) is 21.5. The van der Waals surface area contributed by atoms with Crippen LogP contribution in [0, 0.1) is 0 Å². The van der Waals surface area contributed by atoms with E-state index in [1.54, 1.807) is 0 Å². The van der Waals surface area contributed by atoms with Gasteiger partial charge in [0.2, 0.25) is 0 Å². The molecule has 0 fully saturated rings. The van der Waals surface area contributed by atoms with Gasteiger partial charge in [0.15, 0.2) is 6.17 Å². The van der Waals surface area contributed by atoms with Crippen LogP contribution in [-0.2, 0) is 9.47 Å². The molecule has 0 aliphatic heterocycles. The molecule has 1 aromatic carbocycles. The van der Waals surface area contributed by atoms with Gasteiger partial charge in [-0.05, 0) is 37.1 Å². The van der Waals surface area contributed by atoms with Crippen molar-refractivity contribution < 1.29 is 93.7 Å². The number of esters is 2.